The van der Waals surface area contributed by atoms with E-state index in [0.717, 1.165) is 27.5 Å². The lowest BCUT2D eigenvalue weighted by Gasteiger charge is -2.31. The first-order valence-electron chi connectivity index (χ1n) is 9.77. The molecule has 12 heteroatoms. The molecule has 0 saturated carbocycles. The smallest absolute Gasteiger partial charge is 0.271 e. The van der Waals surface area contributed by atoms with Gasteiger partial charge in [-0.2, -0.15) is 0 Å². The SMILES string of the molecule is CC(=O)N[C@@H](C)[C@@H](O)[C@H](O)[C@@H](Cc1ccccc1)NC(=O)c1csc(N(C)S(C)(=O)=O)n1. The van der Waals surface area contributed by atoms with Gasteiger partial charge in [0.15, 0.2) is 5.13 Å². The average Bonchev–Trinajstić information content (AvgIpc) is 3.21. The van der Waals surface area contributed by atoms with Gasteiger partial charge in [0, 0.05) is 19.4 Å². The van der Waals surface area contributed by atoms with Crippen LogP contribution in [0.3, 0.4) is 0 Å². The van der Waals surface area contributed by atoms with Crippen molar-refractivity contribution >= 4 is 38.3 Å². The van der Waals surface area contributed by atoms with E-state index in [1.54, 1.807) is 6.92 Å². The molecule has 32 heavy (non-hydrogen) atoms. The molecule has 1 heterocycles. The van der Waals surface area contributed by atoms with Gasteiger partial charge in [0.1, 0.15) is 17.9 Å². The number of hydrogen-bond donors (Lipinski definition) is 4. The Balaban J connectivity index is 2.23. The van der Waals surface area contributed by atoms with Gasteiger partial charge in [-0.3, -0.25) is 9.59 Å². The van der Waals surface area contributed by atoms with Crippen molar-refractivity contribution in [1.29, 1.82) is 0 Å². The largest absolute Gasteiger partial charge is 0.388 e. The van der Waals surface area contributed by atoms with Crippen LogP contribution in [-0.2, 0) is 21.2 Å². The molecule has 0 spiro atoms. The minimum atomic E-state index is -3.53. The van der Waals surface area contributed by atoms with Crippen LogP contribution in [0.2, 0.25) is 0 Å². The molecular formula is C20H28N4O6S2. The molecule has 4 N–H and O–H groups in total. The predicted molar refractivity (Wildman–Crippen MR) is 122 cm³/mol. The summed E-state index contributed by atoms with van der Waals surface area (Å²) in [5.74, 6) is -0.994. The number of anilines is 1. The van der Waals surface area contributed by atoms with E-state index in [1.807, 2.05) is 30.3 Å². The van der Waals surface area contributed by atoms with Crippen molar-refractivity contribution in [3.8, 4) is 0 Å². The Labute approximate surface area is 191 Å². The Morgan fingerprint density at radius 1 is 1.16 bits per heavy atom. The van der Waals surface area contributed by atoms with Gasteiger partial charge in [0.25, 0.3) is 5.91 Å². The summed E-state index contributed by atoms with van der Waals surface area (Å²) in [5, 5.41) is 28.1. The number of benzene rings is 1. The van der Waals surface area contributed by atoms with Gasteiger partial charge in [-0.05, 0) is 18.9 Å². The molecule has 10 nitrogen and oxygen atoms in total. The molecule has 0 unspecified atom stereocenters. The lowest BCUT2D eigenvalue weighted by atomic mass is 9.94. The topological polar surface area (TPSA) is 149 Å². The lowest BCUT2D eigenvalue weighted by molar-refractivity contribution is -0.121. The maximum absolute atomic E-state index is 12.8. The fourth-order valence-electron chi connectivity index (χ4n) is 2.96. The second kappa shape index (κ2) is 10.9. The quantitative estimate of drug-likeness (QED) is 0.374. The number of thiazole rings is 1. The van der Waals surface area contributed by atoms with Crippen LogP contribution in [0.5, 0.6) is 0 Å². The van der Waals surface area contributed by atoms with Gasteiger partial charge in [0.2, 0.25) is 15.9 Å². The van der Waals surface area contributed by atoms with Crippen molar-refractivity contribution in [2.45, 2.75) is 44.6 Å². The summed E-state index contributed by atoms with van der Waals surface area (Å²) in [6, 6.07) is 7.42. The van der Waals surface area contributed by atoms with E-state index in [2.05, 4.69) is 15.6 Å². The number of aromatic nitrogens is 1. The van der Waals surface area contributed by atoms with Gasteiger partial charge in [-0.1, -0.05) is 30.3 Å². The van der Waals surface area contributed by atoms with E-state index in [0.29, 0.717) is 0 Å². The normalized spacial score (nSPS) is 15.3. The number of carbonyl (C=O) groups excluding carboxylic acids is 2. The standard InChI is InChI=1S/C20H28N4O6S2/c1-12(21-13(2)25)17(26)18(27)15(10-14-8-6-5-7-9-14)22-19(28)16-11-31-20(23-16)24(3)32(4,29)30/h5-9,11-12,15,17-18,26-27H,10H2,1-4H3,(H,21,25)(H,22,28)/t12-,15+,17+,18+/m0/s1. The second-order valence-corrected chi connectivity index (χ2v) is 10.3. The number of aliphatic hydroxyl groups excluding tert-OH is 2. The highest BCUT2D eigenvalue weighted by Crippen LogP contribution is 2.21. The summed E-state index contributed by atoms with van der Waals surface area (Å²) < 4.78 is 24.4. The predicted octanol–water partition coefficient (Wildman–Crippen LogP) is 0.126. The summed E-state index contributed by atoms with van der Waals surface area (Å²) in [7, 11) is -2.20. The highest BCUT2D eigenvalue weighted by atomic mass is 32.2. The summed E-state index contributed by atoms with van der Waals surface area (Å²) in [5.41, 5.74) is 0.794. The number of hydrogen-bond acceptors (Lipinski definition) is 8. The first kappa shape index (κ1) is 25.7. The average molecular weight is 485 g/mol. The molecule has 1 aromatic heterocycles. The molecule has 0 fully saturated rings. The van der Waals surface area contributed by atoms with Crippen LogP contribution in [-0.4, -0.2) is 73.0 Å². The van der Waals surface area contributed by atoms with Gasteiger partial charge >= 0.3 is 0 Å². The van der Waals surface area contributed by atoms with Gasteiger partial charge in [-0.25, -0.2) is 17.7 Å². The number of nitrogens with zero attached hydrogens (tertiary/aromatic N) is 2. The Bertz CT molecular complexity index is 1030. The van der Waals surface area contributed by atoms with E-state index >= 15 is 0 Å². The Hall–Kier alpha value is -2.54. The number of nitrogens with one attached hydrogen (secondary N) is 2. The first-order chi connectivity index (χ1) is 14.9. The fourth-order valence-corrected chi connectivity index (χ4v) is 4.50. The fraction of sp³-hybridized carbons (Fsp3) is 0.450. The molecule has 4 atom stereocenters. The van der Waals surface area contributed by atoms with Crippen molar-refractivity contribution in [1.82, 2.24) is 15.6 Å². The van der Waals surface area contributed by atoms with Crippen molar-refractivity contribution in [3.05, 3.63) is 47.0 Å². The molecule has 2 amide bonds. The molecule has 2 rings (SSSR count). The zero-order valence-corrected chi connectivity index (χ0v) is 19.9. The maximum atomic E-state index is 12.8. The van der Waals surface area contributed by atoms with Crippen molar-refractivity contribution < 1.29 is 28.2 Å². The Kier molecular flexibility index (Phi) is 8.73. The van der Waals surface area contributed by atoms with E-state index in [1.165, 1.54) is 19.4 Å². The molecule has 0 aliphatic rings. The third-order valence-electron chi connectivity index (χ3n) is 4.81. The maximum Gasteiger partial charge on any atom is 0.271 e. The molecular weight excluding hydrogens is 456 g/mol. The van der Waals surface area contributed by atoms with E-state index in [9.17, 15) is 28.2 Å². The van der Waals surface area contributed by atoms with E-state index < -0.39 is 40.2 Å². The highest BCUT2D eigenvalue weighted by molar-refractivity contribution is 7.92. The van der Waals surface area contributed by atoms with Crippen LogP contribution in [0.1, 0.15) is 29.9 Å². The molecule has 1 aromatic carbocycles. The first-order valence-corrected chi connectivity index (χ1v) is 12.5. The van der Waals surface area contributed by atoms with Crippen molar-refractivity contribution in [2.24, 2.45) is 0 Å². The number of rotatable bonds is 10. The summed E-state index contributed by atoms with van der Waals surface area (Å²) in [4.78, 5) is 28.2. The molecule has 2 aromatic rings. The summed E-state index contributed by atoms with van der Waals surface area (Å²) in [6.07, 6.45) is -1.52. The monoisotopic (exact) mass is 484 g/mol. The number of sulfonamides is 1. The third-order valence-corrected chi connectivity index (χ3v) is 7.01. The number of amides is 2. The van der Waals surface area contributed by atoms with Gasteiger partial charge in [-0.15, -0.1) is 11.3 Å². The third kappa shape index (κ3) is 6.99. The molecule has 176 valence electrons. The van der Waals surface area contributed by atoms with Crippen LogP contribution >= 0.6 is 11.3 Å². The minimum absolute atomic E-state index is 0.0184. The van der Waals surface area contributed by atoms with Crippen LogP contribution in [0.15, 0.2) is 35.7 Å². The van der Waals surface area contributed by atoms with Crippen molar-refractivity contribution in [2.75, 3.05) is 17.6 Å². The highest BCUT2D eigenvalue weighted by Gasteiger charge is 2.32. The van der Waals surface area contributed by atoms with Crippen LogP contribution in [0.4, 0.5) is 5.13 Å². The van der Waals surface area contributed by atoms with Gasteiger partial charge in [0.05, 0.1) is 18.3 Å². The molecule has 0 aliphatic heterocycles. The molecule has 0 saturated heterocycles. The van der Waals surface area contributed by atoms with Crippen LogP contribution in [0.25, 0.3) is 0 Å². The van der Waals surface area contributed by atoms with E-state index in [4.69, 9.17) is 0 Å². The van der Waals surface area contributed by atoms with Crippen LogP contribution in [0, 0.1) is 0 Å². The molecule has 0 aliphatic carbocycles. The Morgan fingerprint density at radius 3 is 2.34 bits per heavy atom. The minimum Gasteiger partial charge on any atom is -0.388 e. The Morgan fingerprint density at radius 2 is 1.78 bits per heavy atom. The molecule has 0 radical (unpaired) electrons. The van der Waals surface area contributed by atoms with Gasteiger partial charge < -0.3 is 20.8 Å². The zero-order valence-electron chi connectivity index (χ0n) is 18.2. The summed E-state index contributed by atoms with van der Waals surface area (Å²) in [6.45, 7) is 2.84. The zero-order chi connectivity index (χ0) is 24.1. The number of carbonyl (C=O) groups is 2. The summed E-state index contributed by atoms with van der Waals surface area (Å²) >= 11 is 0.986. The molecule has 0 bridgehead atoms. The lowest BCUT2D eigenvalue weighted by Crippen LogP contribution is -2.55. The van der Waals surface area contributed by atoms with Crippen molar-refractivity contribution in [3.63, 3.8) is 0 Å². The van der Waals surface area contributed by atoms with Crippen LogP contribution < -0.4 is 14.9 Å². The second-order valence-electron chi connectivity index (χ2n) is 7.49. The number of aliphatic hydroxyl groups is 2. The van der Waals surface area contributed by atoms with E-state index in [-0.39, 0.29) is 23.2 Å².